The number of rotatable bonds is 1. The highest BCUT2D eigenvalue weighted by Gasteiger charge is 2.51. The van der Waals surface area contributed by atoms with E-state index in [0.29, 0.717) is 13.2 Å². The molecule has 1 fully saturated rings. The molecule has 0 unspecified atom stereocenters. The van der Waals surface area contributed by atoms with E-state index in [9.17, 15) is 10.0 Å². The van der Waals surface area contributed by atoms with Crippen LogP contribution in [0, 0.1) is 0 Å². The fraction of sp³-hybridized carbons (Fsp3) is 0.500. The van der Waals surface area contributed by atoms with Crippen LogP contribution < -0.4 is 0 Å². The van der Waals surface area contributed by atoms with Crippen molar-refractivity contribution in [3.8, 4) is 0 Å². The normalized spacial score (nSPS) is 26.0. The van der Waals surface area contributed by atoms with E-state index >= 15 is 0 Å². The zero-order chi connectivity index (χ0) is 17.8. The van der Waals surface area contributed by atoms with Crippen LogP contribution in [0.1, 0.15) is 31.1 Å². The minimum Gasteiger partial charge on any atom is -0.453 e. The SMILES string of the molecule is COC(=O)N1[C@H]([C@@H]2c3[nH]c4ccccc4c3CCN2O)COC1(C)C. The number of hydrogen-bond acceptors (Lipinski definition) is 5. The highest BCUT2D eigenvalue weighted by molar-refractivity contribution is 5.85. The number of aromatic amines is 1. The number of carbonyl (C=O) groups excluding carboxylic acids is 1. The number of nitrogens with zero attached hydrogens (tertiary/aromatic N) is 2. The van der Waals surface area contributed by atoms with Crippen molar-refractivity contribution in [1.82, 2.24) is 14.9 Å². The van der Waals surface area contributed by atoms with Crippen LogP contribution in [0.4, 0.5) is 4.79 Å². The molecule has 2 aliphatic heterocycles. The monoisotopic (exact) mass is 345 g/mol. The molecule has 7 heteroatoms. The number of aromatic nitrogens is 1. The van der Waals surface area contributed by atoms with Gasteiger partial charge in [-0.2, -0.15) is 5.06 Å². The molecule has 1 aromatic carbocycles. The molecule has 0 bridgehead atoms. The Bertz CT molecular complexity index is 816. The highest BCUT2D eigenvalue weighted by Crippen LogP contribution is 2.41. The zero-order valence-corrected chi connectivity index (χ0v) is 14.7. The maximum Gasteiger partial charge on any atom is 0.412 e. The van der Waals surface area contributed by atoms with Crippen molar-refractivity contribution in [1.29, 1.82) is 0 Å². The molecule has 4 rings (SSSR count). The fourth-order valence-corrected chi connectivity index (χ4v) is 4.17. The van der Waals surface area contributed by atoms with E-state index < -0.39 is 17.9 Å². The first kappa shape index (κ1) is 16.4. The van der Waals surface area contributed by atoms with E-state index in [1.807, 2.05) is 32.0 Å². The number of para-hydroxylation sites is 1. The summed E-state index contributed by atoms with van der Waals surface area (Å²) in [5.41, 5.74) is 2.38. The van der Waals surface area contributed by atoms with Crippen LogP contribution in [-0.2, 0) is 15.9 Å². The van der Waals surface area contributed by atoms with Gasteiger partial charge in [0.25, 0.3) is 0 Å². The molecule has 25 heavy (non-hydrogen) atoms. The van der Waals surface area contributed by atoms with Crippen LogP contribution in [0.25, 0.3) is 10.9 Å². The average Bonchev–Trinajstić information content (AvgIpc) is 3.11. The second-order valence-electron chi connectivity index (χ2n) is 7.09. The van der Waals surface area contributed by atoms with Gasteiger partial charge in [0, 0.05) is 23.1 Å². The lowest BCUT2D eigenvalue weighted by Gasteiger charge is -2.40. The van der Waals surface area contributed by atoms with Crippen LogP contribution in [0.5, 0.6) is 0 Å². The summed E-state index contributed by atoms with van der Waals surface area (Å²) in [5, 5.41) is 13.1. The minimum absolute atomic E-state index is 0.332. The van der Waals surface area contributed by atoms with Gasteiger partial charge in [0.15, 0.2) is 0 Å². The lowest BCUT2D eigenvalue weighted by molar-refractivity contribution is -0.150. The first-order chi connectivity index (χ1) is 11.9. The summed E-state index contributed by atoms with van der Waals surface area (Å²) in [6.07, 6.45) is 0.297. The number of hydroxylamine groups is 2. The van der Waals surface area contributed by atoms with Gasteiger partial charge in [-0.15, -0.1) is 0 Å². The van der Waals surface area contributed by atoms with Gasteiger partial charge in [0.1, 0.15) is 5.72 Å². The molecular weight excluding hydrogens is 322 g/mol. The number of hydrogen-bond donors (Lipinski definition) is 2. The van der Waals surface area contributed by atoms with Gasteiger partial charge in [-0.25, -0.2) is 4.79 Å². The molecule has 0 saturated carbocycles. The first-order valence-corrected chi connectivity index (χ1v) is 8.50. The van der Waals surface area contributed by atoms with Crippen molar-refractivity contribution in [3.05, 3.63) is 35.5 Å². The first-order valence-electron chi connectivity index (χ1n) is 8.50. The van der Waals surface area contributed by atoms with Gasteiger partial charge in [-0.3, -0.25) is 4.90 Å². The predicted molar refractivity (Wildman–Crippen MR) is 91.3 cm³/mol. The Hall–Kier alpha value is -2.09. The van der Waals surface area contributed by atoms with Crippen molar-refractivity contribution < 1.29 is 19.5 Å². The summed E-state index contributed by atoms with van der Waals surface area (Å²) >= 11 is 0. The average molecular weight is 345 g/mol. The van der Waals surface area contributed by atoms with E-state index in [2.05, 4.69) is 11.1 Å². The van der Waals surface area contributed by atoms with Gasteiger partial charge < -0.3 is 19.7 Å². The molecule has 1 amide bonds. The molecule has 2 aliphatic rings. The van der Waals surface area contributed by atoms with Crippen molar-refractivity contribution in [3.63, 3.8) is 0 Å². The molecular formula is C18H23N3O4. The number of fused-ring (bicyclic) bond motifs is 3. The molecule has 134 valence electrons. The van der Waals surface area contributed by atoms with Crippen LogP contribution >= 0.6 is 0 Å². The Morgan fingerprint density at radius 3 is 2.92 bits per heavy atom. The number of ether oxygens (including phenoxy) is 2. The molecule has 7 nitrogen and oxygen atoms in total. The van der Waals surface area contributed by atoms with E-state index in [0.717, 1.165) is 17.6 Å². The molecule has 0 spiro atoms. The third-order valence-electron chi connectivity index (χ3n) is 5.31. The third-order valence-corrected chi connectivity index (χ3v) is 5.31. The third kappa shape index (κ3) is 2.42. The number of benzene rings is 1. The Morgan fingerprint density at radius 2 is 2.16 bits per heavy atom. The summed E-state index contributed by atoms with van der Waals surface area (Å²) in [5.74, 6) is 0. The second kappa shape index (κ2) is 5.72. The number of methoxy groups -OCH3 is 1. The van der Waals surface area contributed by atoms with Crippen LogP contribution in [0.2, 0.25) is 0 Å². The summed E-state index contributed by atoms with van der Waals surface area (Å²) in [7, 11) is 1.36. The largest absolute Gasteiger partial charge is 0.453 e. The maximum atomic E-state index is 12.4. The number of nitrogens with one attached hydrogen (secondary N) is 1. The van der Waals surface area contributed by atoms with Crippen molar-refractivity contribution in [2.45, 2.75) is 38.1 Å². The van der Waals surface area contributed by atoms with Gasteiger partial charge >= 0.3 is 6.09 Å². The quantitative estimate of drug-likeness (QED) is 0.831. The van der Waals surface area contributed by atoms with Crippen molar-refractivity contribution in [2.75, 3.05) is 20.3 Å². The van der Waals surface area contributed by atoms with Crippen LogP contribution in [0.3, 0.4) is 0 Å². The Kier molecular flexibility index (Phi) is 3.75. The topological polar surface area (TPSA) is 78.0 Å². The van der Waals surface area contributed by atoms with Gasteiger partial charge in [0.05, 0.1) is 25.8 Å². The zero-order valence-electron chi connectivity index (χ0n) is 14.7. The lowest BCUT2D eigenvalue weighted by Crippen LogP contribution is -2.53. The molecule has 2 aromatic rings. The molecule has 0 aliphatic carbocycles. The van der Waals surface area contributed by atoms with E-state index in [1.54, 1.807) is 4.90 Å². The molecule has 1 aromatic heterocycles. The summed E-state index contributed by atoms with van der Waals surface area (Å²) in [6.45, 7) is 4.51. The number of H-pyrrole nitrogens is 1. The molecule has 2 N–H and O–H groups in total. The molecule has 3 heterocycles. The maximum absolute atomic E-state index is 12.4. The number of amides is 1. The van der Waals surface area contributed by atoms with Crippen LogP contribution in [0.15, 0.2) is 24.3 Å². The van der Waals surface area contributed by atoms with Gasteiger partial charge in [-0.1, -0.05) is 18.2 Å². The fourth-order valence-electron chi connectivity index (χ4n) is 4.17. The van der Waals surface area contributed by atoms with E-state index in [1.165, 1.54) is 23.1 Å². The number of carbonyl (C=O) groups is 1. The summed E-state index contributed by atoms with van der Waals surface area (Å²) < 4.78 is 10.8. The van der Waals surface area contributed by atoms with Crippen molar-refractivity contribution in [2.24, 2.45) is 0 Å². The smallest absolute Gasteiger partial charge is 0.412 e. The van der Waals surface area contributed by atoms with E-state index in [-0.39, 0.29) is 6.04 Å². The molecule has 1 saturated heterocycles. The minimum atomic E-state index is -0.789. The molecule has 2 atom stereocenters. The lowest BCUT2D eigenvalue weighted by atomic mass is 9.93. The summed E-state index contributed by atoms with van der Waals surface area (Å²) in [6, 6.07) is 7.37. The summed E-state index contributed by atoms with van der Waals surface area (Å²) in [4.78, 5) is 17.4. The highest BCUT2D eigenvalue weighted by atomic mass is 16.6. The van der Waals surface area contributed by atoms with Crippen molar-refractivity contribution >= 4 is 17.0 Å². The molecule has 0 radical (unpaired) electrons. The van der Waals surface area contributed by atoms with Crippen LogP contribution in [-0.4, -0.2) is 58.3 Å². The Labute approximate surface area is 146 Å². The van der Waals surface area contributed by atoms with Gasteiger partial charge in [0.2, 0.25) is 0 Å². The Morgan fingerprint density at radius 1 is 1.40 bits per heavy atom. The van der Waals surface area contributed by atoms with Gasteiger partial charge in [-0.05, 0) is 31.9 Å². The second-order valence-corrected chi connectivity index (χ2v) is 7.09. The Balaban J connectivity index is 1.81. The standard InChI is InChI=1S/C18H23N3O4/c1-18(2)21(17(22)24-3)14(10-25-18)16-15-12(8-9-20(16)23)11-6-4-5-7-13(11)19-15/h4-7,14,16,19,23H,8-10H2,1-3H3/t14-,16+/m0/s1. The predicted octanol–water partition coefficient (Wildman–Crippen LogP) is 2.66. The van der Waals surface area contributed by atoms with E-state index in [4.69, 9.17) is 9.47 Å².